The van der Waals surface area contributed by atoms with E-state index in [0.717, 1.165) is 6.42 Å². The van der Waals surface area contributed by atoms with Crippen molar-refractivity contribution in [2.45, 2.75) is 47.0 Å². The zero-order valence-corrected chi connectivity index (χ0v) is 10.9. The van der Waals surface area contributed by atoms with Gasteiger partial charge in [0.1, 0.15) is 0 Å². The molecule has 0 fully saturated rings. The maximum Gasteiger partial charge on any atom is 0.0506 e. The molecule has 4 nitrogen and oxygen atoms in total. The second-order valence-corrected chi connectivity index (χ2v) is 5.00. The van der Waals surface area contributed by atoms with E-state index in [0.29, 0.717) is 12.8 Å². The van der Waals surface area contributed by atoms with Gasteiger partial charge in [0.2, 0.25) is 0 Å². The molecular formula is C13H20O4-2. The van der Waals surface area contributed by atoms with Crippen LogP contribution in [-0.4, -0.2) is 11.9 Å². The Morgan fingerprint density at radius 2 is 1.71 bits per heavy atom. The molecule has 0 unspecified atom stereocenters. The molecule has 0 saturated heterocycles. The highest BCUT2D eigenvalue weighted by Gasteiger charge is 2.30. The number of carbonyl (C=O) groups excluding carboxylic acids is 2. The minimum atomic E-state index is -1.58. The fraction of sp³-hybridized carbons (Fsp3) is 0.692. The first-order chi connectivity index (χ1) is 7.72. The third kappa shape index (κ3) is 5.02. The van der Waals surface area contributed by atoms with Gasteiger partial charge >= 0.3 is 0 Å². The maximum atomic E-state index is 10.8. The van der Waals surface area contributed by atoms with Gasteiger partial charge in [-0.1, -0.05) is 32.4 Å². The molecule has 0 rings (SSSR count). The smallest absolute Gasteiger partial charge is 0.0506 e. The molecule has 0 aromatic heterocycles. The Morgan fingerprint density at radius 1 is 1.24 bits per heavy atom. The molecule has 0 radical (unpaired) electrons. The quantitative estimate of drug-likeness (QED) is 0.472. The van der Waals surface area contributed by atoms with E-state index >= 15 is 0 Å². The van der Waals surface area contributed by atoms with Crippen LogP contribution >= 0.6 is 0 Å². The Balaban J connectivity index is 4.64. The number of rotatable bonds is 7. The molecule has 98 valence electrons. The zero-order chi connectivity index (χ0) is 13.6. The number of allylic oxidation sites excluding steroid dienone is 2. The Bertz CT molecular complexity index is 301. The Labute approximate surface area is 102 Å². The zero-order valence-electron chi connectivity index (χ0n) is 10.9. The number of aliphatic carboxylic acids is 2. The van der Waals surface area contributed by atoms with E-state index < -0.39 is 23.3 Å². The molecule has 0 spiro atoms. The van der Waals surface area contributed by atoms with Crippen molar-refractivity contribution in [2.75, 3.05) is 0 Å². The van der Waals surface area contributed by atoms with Gasteiger partial charge in [0.15, 0.2) is 0 Å². The van der Waals surface area contributed by atoms with Gasteiger partial charge < -0.3 is 19.8 Å². The van der Waals surface area contributed by atoms with Crippen LogP contribution in [0.25, 0.3) is 0 Å². The molecule has 0 bridgehead atoms. The summed E-state index contributed by atoms with van der Waals surface area (Å²) in [5.74, 6) is -4.73. The molecule has 0 amide bonds. The van der Waals surface area contributed by atoms with Gasteiger partial charge in [0.25, 0.3) is 0 Å². The summed E-state index contributed by atoms with van der Waals surface area (Å²) in [6.45, 7) is 7.24. The van der Waals surface area contributed by atoms with Gasteiger partial charge in [-0.05, 0) is 31.6 Å². The summed E-state index contributed by atoms with van der Waals surface area (Å²) in [4.78, 5) is 21.6. The summed E-state index contributed by atoms with van der Waals surface area (Å²) >= 11 is 0. The molecular weight excluding hydrogens is 220 g/mol. The predicted molar refractivity (Wildman–Crippen MR) is 60.6 cm³/mol. The molecule has 0 aliphatic carbocycles. The summed E-state index contributed by atoms with van der Waals surface area (Å²) in [6.07, 6.45) is 4.06. The number of carboxylic acids is 2. The van der Waals surface area contributed by atoms with Crippen LogP contribution in [0, 0.1) is 11.3 Å². The van der Waals surface area contributed by atoms with Crippen LogP contribution in [0.1, 0.15) is 47.0 Å². The van der Waals surface area contributed by atoms with Crippen LogP contribution in [0.2, 0.25) is 0 Å². The van der Waals surface area contributed by atoms with Crippen molar-refractivity contribution in [1.82, 2.24) is 0 Å². The van der Waals surface area contributed by atoms with Crippen molar-refractivity contribution >= 4 is 11.9 Å². The van der Waals surface area contributed by atoms with Crippen LogP contribution in [0.5, 0.6) is 0 Å². The molecule has 17 heavy (non-hydrogen) atoms. The molecule has 0 saturated carbocycles. The lowest BCUT2D eigenvalue weighted by Gasteiger charge is -2.35. The topological polar surface area (TPSA) is 80.3 Å². The van der Waals surface area contributed by atoms with Crippen LogP contribution in [-0.2, 0) is 9.59 Å². The van der Waals surface area contributed by atoms with E-state index in [9.17, 15) is 19.8 Å². The molecule has 0 atom stereocenters. The van der Waals surface area contributed by atoms with Gasteiger partial charge in [-0.15, -0.1) is 0 Å². The molecule has 0 aromatic rings. The molecule has 0 aliphatic rings. The summed E-state index contributed by atoms with van der Waals surface area (Å²) in [5, 5.41) is 21.6. The van der Waals surface area contributed by atoms with Crippen LogP contribution in [0.15, 0.2) is 11.6 Å². The first-order valence-corrected chi connectivity index (χ1v) is 5.79. The Hall–Kier alpha value is -1.32. The van der Waals surface area contributed by atoms with Crippen molar-refractivity contribution in [1.29, 1.82) is 0 Å². The normalized spacial score (nSPS) is 12.9. The highest BCUT2D eigenvalue weighted by Crippen LogP contribution is 2.32. The molecule has 0 N–H and O–H groups in total. The Morgan fingerprint density at radius 3 is 2.06 bits per heavy atom. The van der Waals surface area contributed by atoms with Gasteiger partial charge in [-0.2, -0.15) is 0 Å². The lowest BCUT2D eigenvalue weighted by Crippen LogP contribution is -2.50. The van der Waals surface area contributed by atoms with E-state index in [1.807, 2.05) is 19.9 Å². The fourth-order valence-corrected chi connectivity index (χ4v) is 1.71. The third-order valence-electron chi connectivity index (χ3n) is 3.09. The monoisotopic (exact) mass is 240 g/mol. The first-order valence-electron chi connectivity index (χ1n) is 5.79. The van der Waals surface area contributed by atoms with E-state index in [2.05, 4.69) is 0 Å². The second kappa shape index (κ2) is 6.42. The average Bonchev–Trinajstić information content (AvgIpc) is 2.14. The summed E-state index contributed by atoms with van der Waals surface area (Å²) < 4.78 is 0. The van der Waals surface area contributed by atoms with Crippen molar-refractivity contribution in [3.05, 3.63) is 11.6 Å². The number of carboxylic acid groups (broad SMARTS) is 2. The van der Waals surface area contributed by atoms with Crippen LogP contribution < -0.4 is 10.2 Å². The molecule has 4 heteroatoms. The maximum absolute atomic E-state index is 10.8. The largest absolute Gasteiger partial charge is 0.549 e. The van der Waals surface area contributed by atoms with Gasteiger partial charge in [-0.25, -0.2) is 0 Å². The van der Waals surface area contributed by atoms with Crippen molar-refractivity contribution in [3.63, 3.8) is 0 Å². The second-order valence-electron chi connectivity index (χ2n) is 5.00. The van der Waals surface area contributed by atoms with E-state index in [1.165, 1.54) is 5.57 Å². The number of carbonyl (C=O) groups is 2. The highest BCUT2D eigenvalue weighted by atomic mass is 16.4. The van der Waals surface area contributed by atoms with E-state index in [4.69, 9.17) is 0 Å². The lowest BCUT2D eigenvalue weighted by atomic mass is 9.75. The molecule has 0 aromatic carbocycles. The SMILES string of the molecule is CC/C(C)=C/CCC(C)(C)C(C(=O)[O-])C(=O)[O-]. The molecule has 0 aliphatic heterocycles. The van der Waals surface area contributed by atoms with Crippen molar-refractivity contribution in [2.24, 2.45) is 11.3 Å². The summed E-state index contributed by atoms with van der Waals surface area (Å²) in [5.41, 5.74) is 0.335. The van der Waals surface area contributed by atoms with Crippen LogP contribution in [0.3, 0.4) is 0 Å². The van der Waals surface area contributed by atoms with Crippen molar-refractivity contribution in [3.8, 4) is 0 Å². The van der Waals surface area contributed by atoms with Gasteiger partial charge in [-0.3, -0.25) is 0 Å². The summed E-state index contributed by atoms with van der Waals surface area (Å²) in [6, 6.07) is 0. The first kappa shape index (κ1) is 15.7. The standard InChI is InChI=1S/C13H22O4/c1-5-9(2)7-6-8-13(3,4)10(11(14)15)12(16)17/h7,10H,5-6,8H2,1-4H3,(H,14,15)(H,16,17)/p-2/b9-7+. The van der Waals surface area contributed by atoms with E-state index in [-0.39, 0.29) is 0 Å². The van der Waals surface area contributed by atoms with E-state index in [1.54, 1.807) is 13.8 Å². The average molecular weight is 240 g/mol. The molecule has 0 heterocycles. The minimum Gasteiger partial charge on any atom is -0.549 e. The predicted octanol–water partition coefficient (Wildman–Crippen LogP) is 0.265. The third-order valence-corrected chi connectivity index (χ3v) is 3.09. The Kier molecular flexibility index (Phi) is 5.93. The van der Waals surface area contributed by atoms with Crippen LogP contribution in [0.4, 0.5) is 0 Å². The highest BCUT2D eigenvalue weighted by molar-refractivity contribution is 5.91. The number of hydrogen-bond acceptors (Lipinski definition) is 4. The van der Waals surface area contributed by atoms with Gasteiger partial charge in [0.05, 0.1) is 11.9 Å². The fourth-order valence-electron chi connectivity index (χ4n) is 1.71. The lowest BCUT2D eigenvalue weighted by molar-refractivity contribution is -0.336. The minimum absolute atomic E-state index is 0.469. The van der Waals surface area contributed by atoms with Crippen molar-refractivity contribution < 1.29 is 19.8 Å². The number of hydrogen-bond donors (Lipinski definition) is 0. The van der Waals surface area contributed by atoms with Gasteiger partial charge in [0, 0.05) is 5.92 Å². The summed E-state index contributed by atoms with van der Waals surface area (Å²) in [7, 11) is 0.